The fraction of sp³-hybridized carbons (Fsp3) is 0.654. The van der Waals surface area contributed by atoms with Crippen molar-refractivity contribution in [2.24, 2.45) is 0 Å². The summed E-state index contributed by atoms with van der Waals surface area (Å²) >= 11 is 0. The van der Waals surface area contributed by atoms with Crippen molar-refractivity contribution in [3.63, 3.8) is 0 Å². The van der Waals surface area contributed by atoms with Crippen molar-refractivity contribution >= 4 is 32.3 Å². The van der Waals surface area contributed by atoms with Gasteiger partial charge in [-0.25, -0.2) is 0 Å². The van der Waals surface area contributed by atoms with Crippen molar-refractivity contribution in [1.82, 2.24) is 0 Å². The van der Waals surface area contributed by atoms with Crippen LogP contribution >= 0.6 is 0 Å². The number of aryl methyl sites for hydroxylation is 2. The number of unbranched alkanes of at least 4 members (excludes halogenated alkanes) is 16. The molecule has 4 aromatic rings. The molecule has 0 heterocycles. The van der Waals surface area contributed by atoms with Crippen LogP contribution in [-0.2, 0) is 12.8 Å². The van der Waals surface area contributed by atoms with Crippen LogP contribution in [0.15, 0.2) is 36.4 Å². The number of rotatable bonds is 34. The van der Waals surface area contributed by atoms with Gasteiger partial charge in [0.25, 0.3) is 0 Å². The summed E-state index contributed by atoms with van der Waals surface area (Å²) in [4.78, 5) is 0. The highest BCUT2D eigenvalue weighted by Crippen LogP contribution is 2.45. The standard InChI is InChI=1S/C52H80O6/c1-5-9-23-31-55-49-37-45-43(35-41(49)27-19-15-13-17-21-29-53)47-39-51(57-33-25-11-7-3)52(58-34-26-12-8-4)40-48(47)44-36-42(28-20-16-14-18-22-30-54)50(38-46(44)45)56-32-24-10-6-2/h35-40,53-54H,5-34H2,1-4H3. The van der Waals surface area contributed by atoms with Crippen LogP contribution in [0.5, 0.6) is 23.0 Å². The Balaban J connectivity index is 1.95. The second-order valence-corrected chi connectivity index (χ2v) is 16.6. The van der Waals surface area contributed by atoms with E-state index in [1.165, 1.54) is 43.4 Å². The Labute approximate surface area is 352 Å². The molecule has 0 aliphatic carbocycles. The van der Waals surface area contributed by atoms with Crippen molar-refractivity contribution in [3.05, 3.63) is 47.5 Å². The van der Waals surface area contributed by atoms with Gasteiger partial charge in [-0.3, -0.25) is 0 Å². The van der Waals surface area contributed by atoms with E-state index in [1.54, 1.807) is 0 Å². The summed E-state index contributed by atoms with van der Waals surface area (Å²) in [6.45, 7) is 12.3. The topological polar surface area (TPSA) is 77.4 Å². The van der Waals surface area contributed by atoms with E-state index < -0.39 is 0 Å². The number of benzene rings is 4. The summed E-state index contributed by atoms with van der Waals surface area (Å²) in [7, 11) is 0. The molecular weight excluding hydrogens is 721 g/mol. The predicted octanol–water partition coefficient (Wildman–Crippen LogP) is 14.4. The Bertz CT molecular complexity index is 1580. The van der Waals surface area contributed by atoms with Gasteiger partial charge in [-0.1, -0.05) is 118 Å². The lowest BCUT2D eigenvalue weighted by Gasteiger charge is -2.21. The Hall–Kier alpha value is -3.22. The molecular formula is C52H80O6. The Morgan fingerprint density at radius 2 is 0.586 bits per heavy atom. The van der Waals surface area contributed by atoms with Gasteiger partial charge in [0, 0.05) is 13.2 Å². The monoisotopic (exact) mass is 801 g/mol. The first kappa shape index (κ1) is 47.5. The van der Waals surface area contributed by atoms with E-state index in [0.717, 1.165) is 190 Å². The molecule has 2 N–H and O–H groups in total. The zero-order valence-corrected chi connectivity index (χ0v) is 37.2. The normalized spacial score (nSPS) is 11.6. The van der Waals surface area contributed by atoms with E-state index in [4.69, 9.17) is 18.9 Å². The fourth-order valence-electron chi connectivity index (χ4n) is 8.08. The molecule has 0 aliphatic heterocycles. The largest absolute Gasteiger partial charge is 0.493 e. The first-order chi connectivity index (χ1) is 28.6. The van der Waals surface area contributed by atoms with Gasteiger partial charge in [-0.05, 0) is 144 Å². The maximum Gasteiger partial charge on any atom is 0.161 e. The third kappa shape index (κ3) is 15.1. The van der Waals surface area contributed by atoms with Gasteiger partial charge >= 0.3 is 0 Å². The van der Waals surface area contributed by atoms with Crippen LogP contribution in [-0.4, -0.2) is 49.9 Å². The number of ether oxygens (including phenoxy) is 4. The number of fused-ring (bicyclic) bond motifs is 6. The first-order valence-electron chi connectivity index (χ1n) is 23.9. The van der Waals surface area contributed by atoms with E-state index in [1.807, 2.05) is 0 Å². The second-order valence-electron chi connectivity index (χ2n) is 16.6. The first-order valence-corrected chi connectivity index (χ1v) is 23.9. The fourth-order valence-corrected chi connectivity index (χ4v) is 8.08. The van der Waals surface area contributed by atoms with Gasteiger partial charge in [0.15, 0.2) is 11.5 Å². The molecule has 0 saturated heterocycles. The van der Waals surface area contributed by atoms with Crippen molar-refractivity contribution < 1.29 is 29.2 Å². The molecule has 0 amide bonds. The van der Waals surface area contributed by atoms with Crippen LogP contribution in [0.3, 0.4) is 0 Å². The molecule has 0 atom stereocenters. The maximum absolute atomic E-state index is 9.32. The van der Waals surface area contributed by atoms with E-state index >= 15 is 0 Å². The summed E-state index contributed by atoms with van der Waals surface area (Å²) in [5.41, 5.74) is 2.54. The van der Waals surface area contributed by atoms with E-state index in [2.05, 4.69) is 64.1 Å². The van der Waals surface area contributed by atoms with Gasteiger partial charge in [0.05, 0.1) is 26.4 Å². The van der Waals surface area contributed by atoms with Crippen molar-refractivity contribution in [3.8, 4) is 23.0 Å². The highest BCUT2D eigenvalue weighted by atomic mass is 16.5. The zero-order chi connectivity index (χ0) is 41.2. The van der Waals surface area contributed by atoms with Crippen LogP contribution in [0, 0.1) is 0 Å². The van der Waals surface area contributed by atoms with Crippen molar-refractivity contribution in [2.45, 2.75) is 182 Å². The summed E-state index contributed by atoms with van der Waals surface area (Å²) in [6.07, 6.45) is 26.0. The van der Waals surface area contributed by atoms with Crippen LogP contribution in [0.1, 0.15) is 180 Å². The molecule has 0 saturated carbocycles. The third-order valence-electron chi connectivity index (χ3n) is 11.6. The maximum atomic E-state index is 9.32. The van der Waals surface area contributed by atoms with E-state index in [-0.39, 0.29) is 13.2 Å². The molecule has 0 aliphatic rings. The molecule has 6 nitrogen and oxygen atoms in total. The van der Waals surface area contributed by atoms with Crippen LogP contribution < -0.4 is 18.9 Å². The van der Waals surface area contributed by atoms with Gasteiger partial charge in [-0.15, -0.1) is 0 Å². The number of hydrogen-bond acceptors (Lipinski definition) is 6. The Morgan fingerprint density at radius 1 is 0.310 bits per heavy atom. The minimum absolute atomic E-state index is 0.273. The molecule has 0 radical (unpaired) electrons. The number of aliphatic hydroxyl groups excluding tert-OH is 2. The van der Waals surface area contributed by atoms with Gasteiger partial charge in [-0.2, -0.15) is 0 Å². The highest BCUT2D eigenvalue weighted by molar-refractivity contribution is 6.26. The van der Waals surface area contributed by atoms with Crippen LogP contribution in [0.4, 0.5) is 0 Å². The zero-order valence-electron chi connectivity index (χ0n) is 37.2. The molecule has 4 rings (SSSR count). The van der Waals surface area contributed by atoms with Gasteiger partial charge in [0.2, 0.25) is 0 Å². The van der Waals surface area contributed by atoms with Crippen LogP contribution in [0.2, 0.25) is 0 Å². The molecule has 0 spiro atoms. The summed E-state index contributed by atoms with van der Waals surface area (Å²) in [5, 5.41) is 25.9. The average Bonchev–Trinajstić information content (AvgIpc) is 3.24. The van der Waals surface area contributed by atoms with E-state index in [9.17, 15) is 10.2 Å². The van der Waals surface area contributed by atoms with Crippen molar-refractivity contribution in [1.29, 1.82) is 0 Å². The average molecular weight is 801 g/mol. The predicted molar refractivity (Wildman–Crippen MR) is 247 cm³/mol. The molecule has 0 aromatic heterocycles. The molecule has 4 aromatic carbocycles. The van der Waals surface area contributed by atoms with Gasteiger partial charge in [0.1, 0.15) is 11.5 Å². The molecule has 0 bridgehead atoms. The summed E-state index contributed by atoms with van der Waals surface area (Å²) in [5.74, 6) is 3.68. The lowest BCUT2D eigenvalue weighted by Crippen LogP contribution is -2.04. The lowest BCUT2D eigenvalue weighted by molar-refractivity contribution is 0.260. The van der Waals surface area contributed by atoms with Gasteiger partial charge < -0.3 is 29.2 Å². The SMILES string of the molecule is CCCCCOc1cc2c(cc1CCCCCCCO)c1cc(OCCCCC)c(OCCCCC)cc1c1cc(CCCCCCCO)c(OCCCCC)cc12. The summed E-state index contributed by atoms with van der Waals surface area (Å²) in [6, 6.07) is 14.1. The molecule has 324 valence electrons. The highest BCUT2D eigenvalue weighted by Gasteiger charge is 2.20. The minimum Gasteiger partial charge on any atom is -0.493 e. The minimum atomic E-state index is 0.273. The molecule has 58 heavy (non-hydrogen) atoms. The van der Waals surface area contributed by atoms with Crippen LogP contribution in [0.25, 0.3) is 32.3 Å². The van der Waals surface area contributed by atoms with Crippen molar-refractivity contribution in [2.75, 3.05) is 39.6 Å². The third-order valence-corrected chi connectivity index (χ3v) is 11.6. The Kier molecular flexibility index (Phi) is 23.1. The lowest BCUT2D eigenvalue weighted by atomic mass is 9.89. The Morgan fingerprint density at radius 3 is 0.914 bits per heavy atom. The molecule has 0 unspecified atom stereocenters. The molecule has 0 fully saturated rings. The second kappa shape index (κ2) is 28.3. The van der Waals surface area contributed by atoms with E-state index in [0.29, 0.717) is 13.2 Å². The number of hydrogen-bond donors (Lipinski definition) is 2. The molecule has 6 heteroatoms. The smallest absolute Gasteiger partial charge is 0.161 e. The number of aliphatic hydroxyl groups is 2. The quantitative estimate of drug-likeness (QED) is 0.0362. The summed E-state index contributed by atoms with van der Waals surface area (Å²) < 4.78 is 26.6.